The Morgan fingerprint density at radius 1 is 1.04 bits per heavy atom. The molecule has 0 aliphatic heterocycles. The van der Waals surface area contributed by atoms with Crippen LogP contribution in [0.15, 0.2) is 54.7 Å². The van der Waals surface area contributed by atoms with Crippen molar-refractivity contribution in [3.05, 3.63) is 82.9 Å². The van der Waals surface area contributed by atoms with E-state index in [9.17, 15) is 9.18 Å². The van der Waals surface area contributed by atoms with Gasteiger partial charge in [0.2, 0.25) is 5.95 Å². The molecule has 0 radical (unpaired) electrons. The molecule has 0 aliphatic carbocycles. The highest BCUT2D eigenvalue weighted by atomic mass is 19.1. The van der Waals surface area contributed by atoms with Gasteiger partial charge in [0.15, 0.2) is 0 Å². The Morgan fingerprint density at radius 3 is 2.42 bits per heavy atom. The molecule has 1 amide bonds. The summed E-state index contributed by atoms with van der Waals surface area (Å²) in [4.78, 5) is 20.9. The molecule has 3 aromatic rings. The molecule has 1 aromatic heterocycles. The average molecular weight is 350 g/mol. The molecule has 5 nitrogen and oxygen atoms in total. The number of hydrogen-bond donors (Lipinski definition) is 2. The minimum Gasteiger partial charge on any atom is -0.350 e. The molecule has 132 valence electrons. The number of benzene rings is 2. The van der Waals surface area contributed by atoms with E-state index in [1.54, 1.807) is 18.2 Å². The van der Waals surface area contributed by atoms with Crippen molar-refractivity contribution in [1.82, 2.24) is 9.97 Å². The largest absolute Gasteiger partial charge is 0.350 e. The summed E-state index contributed by atoms with van der Waals surface area (Å²) in [6, 6.07) is 13.5. The van der Waals surface area contributed by atoms with E-state index in [1.165, 1.54) is 18.3 Å². The first kappa shape index (κ1) is 17.5. The van der Waals surface area contributed by atoms with Crippen molar-refractivity contribution in [1.29, 1.82) is 0 Å². The summed E-state index contributed by atoms with van der Waals surface area (Å²) < 4.78 is 12.9. The maximum Gasteiger partial charge on any atom is 0.274 e. The number of anilines is 2. The zero-order chi connectivity index (χ0) is 18.5. The molecule has 2 N–H and O–H groups in total. The van der Waals surface area contributed by atoms with E-state index in [2.05, 4.69) is 20.6 Å². The van der Waals surface area contributed by atoms with Crippen molar-refractivity contribution < 1.29 is 9.18 Å². The smallest absolute Gasteiger partial charge is 0.274 e. The molecule has 2 aromatic carbocycles. The maximum absolute atomic E-state index is 12.9. The number of aryl methyl sites for hydroxylation is 2. The van der Waals surface area contributed by atoms with Crippen LogP contribution in [0.5, 0.6) is 0 Å². The quantitative estimate of drug-likeness (QED) is 0.727. The Balaban J connectivity index is 1.70. The third-order valence-electron chi connectivity index (χ3n) is 3.97. The number of halogens is 1. The van der Waals surface area contributed by atoms with Crippen LogP contribution in [-0.4, -0.2) is 15.9 Å². The Morgan fingerprint density at radius 2 is 1.73 bits per heavy atom. The van der Waals surface area contributed by atoms with E-state index < -0.39 is 0 Å². The fraction of sp³-hybridized carbons (Fsp3) is 0.150. The van der Waals surface area contributed by atoms with Gasteiger partial charge in [0.1, 0.15) is 11.5 Å². The molecular weight excluding hydrogens is 331 g/mol. The average Bonchev–Trinajstić information content (AvgIpc) is 2.64. The Kier molecular flexibility index (Phi) is 5.22. The van der Waals surface area contributed by atoms with Crippen molar-refractivity contribution in [3.63, 3.8) is 0 Å². The van der Waals surface area contributed by atoms with Gasteiger partial charge in [-0.25, -0.2) is 14.4 Å². The fourth-order valence-corrected chi connectivity index (χ4v) is 2.54. The monoisotopic (exact) mass is 350 g/mol. The maximum atomic E-state index is 12.9. The zero-order valence-corrected chi connectivity index (χ0v) is 14.6. The summed E-state index contributed by atoms with van der Waals surface area (Å²) in [6.07, 6.45) is 1.53. The first-order valence-electron chi connectivity index (χ1n) is 8.22. The second kappa shape index (κ2) is 7.74. The molecule has 0 spiro atoms. The summed E-state index contributed by atoms with van der Waals surface area (Å²) in [5.74, 6) is -0.242. The van der Waals surface area contributed by atoms with E-state index >= 15 is 0 Å². The standard InChI is InChI=1S/C20H19FN4O/c1-13-4-3-5-14(2)18(13)25-19(26)17-10-11-22-20(24-17)23-12-15-6-8-16(21)9-7-15/h3-11H,12H2,1-2H3,(H,25,26)(H,22,23,24). The van der Waals surface area contributed by atoms with Crippen LogP contribution in [0.4, 0.5) is 16.0 Å². The summed E-state index contributed by atoms with van der Waals surface area (Å²) in [5, 5.41) is 5.94. The van der Waals surface area contributed by atoms with Gasteiger partial charge < -0.3 is 10.6 Å². The number of nitrogens with zero attached hydrogens (tertiary/aromatic N) is 2. The molecule has 6 heteroatoms. The van der Waals surface area contributed by atoms with Gasteiger partial charge in [0, 0.05) is 18.4 Å². The number of hydrogen-bond acceptors (Lipinski definition) is 4. The lowest BCUT2D eigenvalue weighted by Crippen LogP contribution is -2.16. The summed E-state index contributed by atoms with van der Waals surface area (Å²) >= 11 is 0. The highest BCUT2D eigenvalue weighted by Crippen LogP contribution is 2.20. The molecular formula is C20H19FN4O. The summed E-state index contributed by atoms with van der Waals surface area (Å²) in [7, 11) is 0. The van der Waals surface area contributed by atoms with Gasteiger partial charge in [-0.05, 0) is 48.7 Å². The van der Waals surface area contributed by atoms with Gasteiger partial charge in [0.05, 0.1) is 0 Å². The number of para-hydroxylation sites is 1. The van der Waals surface area contributed by atoms with Crippen LogP contribution >= 0.6 is 0 Å². The first-order chi connectivity index (χ1) is 12.5. The van der Waals surface area contributed by atoms with Gasteiger partial charge in [0.25, 0.3) is 5.91 Å². The van der Waals surface area contributed by atoms with Crippen molar-refractivity contribution in [2.45, 2.75) is 20.4 Å². The minimum atomic E-state index is -0.297. The molecule has 0 saturated carbocycles. The van der Waals surface area contributed by atoms with E-state index in [0.717, 1.165) is 22.4 Å². The molecule has 3 rings (SSSR count). The van der Waals surface area contributed by atoms with Crippen LogP contribution < -0.4 is 10.6 Å². The number of carbonyl (C=O) groups excluding carboxylic acids is 1. The minimum absolute atomic E-state index is 0.268. The molecule has 0 unspecified atom stereocenters. The normalized spacial score (nSPS) is 10.4. The molecule has 0 fully saturated rings. The highest BCUT2D eigenvalue weighted by Gasteiger charge is 2.12. The van der Waals surface area contributed by atoms with Crippen LogP contribution in [0.2, 0.25) is 0 Å². The molecule has 1 heterocycles. The van der Waals surface area contributed by atoms with Crippen molar-refractivity contribution in [2.24, 2.45) is 0 Å². The third kappa shape index (κ3) is 4.22. The summed E-state index contributed by atoms with van der Waals surface area (Å²) in [6.45, 7) is 4.32. The van der Waals surface area contributed by atoms with Gasteiger partial charge in [-0.2, -0.15) is 0 Å². The van der Waals surface area contributed by atoms with E-state index in [1.807, 2.05) is 32.0 Å². The third-order valence-corrected chi connectivity index (χ3v) is 3.97. The van der Waals surface area contributed by atoms with Crippen LogP contribution in [-0.2, 0) is 6.54 Å². The summed E-state index contributed by atoms with van der Waals surface area (Å²) in [5.41, 5.74) is 3.92. The second-order valence-corrected chi connectivity index (χ2v) is 5.97. The van der Waals surface area contributed by atoms with Gasteiger partial charge in [-0.3, -0.25) is 4.79 Å². The van der Waals surface area contributed by atoms with E-state index in [-0.39, 0.29) is 17.4 Å². The van der Waals surface area contributed by atoms with Crippen LogP contribution in [0.25, 0.3) is 0 Å². The fourth-order valence-electron chi connectivity index (χ4n) is 2.54. The lowest BCUT2D eigenvalue weighted by Gasteiger charge is -2.11. The molecule has 26 heavy (non-hydrogen) atoms. The van der Waals surface area contributed by atoms with Gasteiger partial charge >= 0.3 is 0 Å². The lowest BCUT2D eigenvalue weighted by molar-refractivity contribution is 0.102. The predicted molar refractivity (Wildman–Crippen MR) is 99.6 cm³/mol. The molecule has 0 atom stereocenters. The highest BCUT2D eigenvalue weighted by molar-refractivity contribution is 6.03. The van der Waals surface area contributed by atoms with Crippen LogP contribution in [0.1, 0.15) is 27.2 Å². The first-order valence-corrected chi connectivity index (χ1v) is 8.22. The van der Waals surface area contributed by atoms with E-state index in [4.69, 9.17) is 0 Å². The second-order valence-electron chi connectivity index (χ2n) is 5.97. The molecule has 0 bridgehead atoms. The SMILES string of the molecule is Cc1cccc(C)c1NC(=O)c1ccnc(NCc2ccc(F)cc2)n1. The van der Waals surface area contributed by atoms with Crippen molar-refractivity contribution in [3.8, 4) is 0 Å². The Bertz CT molecular complexity index is 905. The van der Waals surface area contributed by atoms with Crippen LogP contribution in [0, 0.1) is 19.7 Å². The molecule has 0 saturated heterocycles. The molecule has 0 aliphatic rings. The Hall–Kier alpha value is -3.28. The topological polar surface area (TPSA) is 66.9 Å². The van der Waals surface area contributed by atoms with Gasteiger partial charge in [-0.1, -0.05) is 30.3 Å². The number of nitrogens with one attached hydrogen (secondary N) is 2. The lowest BCUT2D eigenvalue weighted by atomic mass is 10.1. The number of aromatic nitrogens is 2. The van der Waals surface area contributed by atoms with Crippen LogP contribution in [0.3, 0.4) is 0 Å². The Labute approximate surface area is 151 Å². The number of carbonyl (C=O) groups is 1. The number of rotatable bonds is 5. The predicted octanol–water partition coefficient (Wildman–Crippen LogP) is 4.10. The van der Waals surface area contributed by atoms with E-state index in [0.29, 0.717) is 12.5 Å². The number of amides is 1. The van der Waals surface area contributed by atoms with Crippen molar-refractivity contribution >= 4 is 17.5 Å². The zero-order valence-electron chi connectivity index (χ0n) is 14.6. The van der Waals surface area contributed by atoms with Gasteiger partial charge in [-0.15, -0.1) is 0 Å². The van der Waals surface area contributed by atoms with Crippen molar-refractivity contribution in [2.75, 3.05) is 10.6 Å².